The average Bonchev–Trinajstić information content (AvgIpc) is 2.49. The molecule has 0 spiro atoms. The zero-order chi connectivity index (χ0) is 15.2. The largest absolute Gasteiger partial charge is 0.496 e. The quantitative estimate of drug-likeness (QED) is 0.913. The van der Waals surface area contributed by atoms with Crippen LogP contribution in [0.5, 0.6) is 5.75 Å². The summed E-state index contributed by atoms with van der Waals surface area (Å²) in [6, 6.07) is 14.9. The number of rotatable bonds is 5. The van der Waals surface area contributed by atoms with Crippen LogP contribution in [0, 0.1) is 0 Å². The number of hydrogen-bond donors (Lipinski definition) is 1. The van der Waals surface area contributed by atoms with Crippen molar-refractivity contribution in [3.8, 4) is 5.75 Å². The molecule has 0 aromatic heterocycles. The van der Waals surface area contributed by atoms with E-state index in [0.717, 1.165) is 16.9 Å². The molecule has 0 unspecified atom stereocenters. The minimum Gasteiger partial charge on any atom is -0.496 e. The van der Waals surface area contributed by atoms with Crippen LogP contribution in [0.4, 0.5) is 0 Å². The van der Waals surface area contributed by atoms with Crippen molar-refractivity contribution in [1.82, 2.24) is 5.32 Å². The molecule has 1 atom stereocenters. The molecule has 2 aromatic rings. The SMILES string of the molecule is COc1ccccc1[C@@H](C)NC(=O)Cc1ccccc1Cl. The Kier molecular flexibility index (Phi) is 5.23. The number of ether oxygens (including phenoxy) is 1. The summed E-state index contributed by atoms with van der Waals surface area (Å²) in [4.78, 5) is 12.1. The first-order chi connectivity index (χ1) is 10.1. The third-order valence-electron chi connectivity index (χ3n) is 3.29. The number of carbonyl (C=O) groups is 1. The van der Waals surface area contributed by atoms with Gasteiger partial charge in [0.2, 0.25) is 5.91 Å². The fourth-order valence-electron chi connectivity index (χ4n) is 2.21. The molecule has 2 rings (SSSR count). The lowest BCUT2D eigenvalue weighted by Gasteiger charge is -2.17. The van der Waals surface area contributed by atoms with Crippen molar-refractivity contribution in [3.63, 3.8) is 0 Å². The second-order valence-electron chi connectivity index (χ2n) is 4.80. The summed E-state index contributed by atoms with van der Waals surface area (Å²) in [5, 5.41) is 3.58. The molecule has 0 saturated heterocycles. The Balaban J connectivity index is 2.04. The Labute approximate surface area is 129 Å². The van der Waals surface area contributed by atoms with Crippen molar-refractivity contribution < 1.29 is 9.53 Å². The van der Waals surface area contributed by atoms with E-state index in [9.17, 15) is 4.79 Å². The van der Waals surface area contributed by atoms with Crippen LogP contribution in [-0.4, -0.2) is 13.0 Å². The second kappa shape index (κ2) is 7.14. The predicted molar refractivity (Wildman–Crippen MR) is 84.7 cm³/mol. The Bertz CT molecular complexity index is 628. The van der Waals surface area contributed by atoms with Crippen LogP contribution in [0.25, 0.3) is 0 Å². The number of para-hydroxylation sites is 1. The monoisotopic (exact) mass is 303 g/mol. The van der Waals surface area contributed by atoms with E-state index in [1.54, 1.807) is 13.2 Å². The molecular weight excluding hydrogens is 286 g/mol. The minimum absolute atomic E-state index is 0.0680. The lowest BCUT2D eigenvalue weighted by molar-refractivity contribution is -0.121. The highest BCUT2D eigenvalue weighted by Crippen LogP contribution is 2.24. The molecule has 110 valence electrons. The van der Waals surface area contributed by atoms with Gasteiger partial charge in [0.25, 0.3) is 0 Å². The van der Waals surface area contributed by atoms with Gasteiger partial charge in [0, 0.05) is 10.6 Å². The molecule has 2 aromatic carbocycles. The van der Waals surface area contributed by atoms with E-state index in [1.807, 2.05) is 49.4 Å². The van der Waals surface area contributed by atoms with Crippen molar-refractivity contribution in [3.05, 3.63) is 64.7 Å². The molecule has 0 fully saturated rings. The lowest BCUT2D eigenvalue weighted by atomic mass is 10.1. The van der Waals surface area contributed by atoms with Gasteiger partial charge in [-0.05, 0) is 24.6 Å². The van der Waals surface area contributed by atoms with Gasteiger partial charge in [-0.1, -0.05) is 48.0 Å². The number of amides is 1. The number of hydrogen-bond acceptors (Lipinski definition) is 2. The first-order valence-electron chi connectivity index (χ1n) is 6.77. The molecule has 3 nitrogen and oxygen atoms in total. The molecule has 0 aliphatic heterocycles. The number of halogens is 1. The van der Waals surface area contributed by atoms with E-state index in [2.05, 4.69) is 5.32 Å². The highest BCUT2D eigenvalue weighted by atomic mass is 35.5. The van der Waals surface area contributed by atoms with Gasteiger partial charge in [-0.3, -0.25) is 4.79 Å². The smallest absolute Gasteiger partial charge is 0.224 e. The Morgan fingerprint density at radius 1 is 1.19 bits per heavy atom. The van der Waals surface area contributed by atoms with E-state index in [-0.39, 0.29) is 18.4 Å². The van der Waals surface area contributed by atoms with Gasteiger partial charge >= 0.3 is 0 Å². The molecule has 0 radical (unpaired) electrons. The summed E-state index contributed by atoms with van der Waals surface area (Å²) in [7, 11) is 1.62. The maximum atomic E-state index is 12.1. The predicted octanol–water partition coefficient (Wildman–Crippen LogP) is 3.77. The zero-order valence-corrected chi connectivity index (χ0v) is 12.9. The molecule has 0 saturated carbocycles. The topological polar surface area (TPSA) is 38.3 Å². The first kappa shape index (κ1) is 15.4. The van der Waals surface area contributed by atoms with Crippen molar-refractivity contribution in [2.24, 2.45) is 0 Å². The molecule has 1 amide bonds. The molecule has 4 heteroatoms. The fourth-order valence-corrected chi connectivity index (χ4v) is 2.41. The van der Waals surface area contributed by atoms with Crippen LogP contribution in [0.1, 0.15) is 24.1 Å². The van der Waals surface area contributed by atoms with Gasteiger partial charge < -0.3 is 10.1 Å². The van der Waals surface area contributed by atoms with Gasteiger partial charge in [0.1, 0.15) is 5.75 Å². The molecule has 0 bridgehead atoms. The maximum Gasteiger partial charge on any atom is 0.224 e. The molecule has 21 heavy (non-hydrogen) atoms. The normalized spacial score (nSPS) is 11.8. The van der Waals surface area contributed by atoms with E-state index in [1.165, 1.54) is 0 Å². The van der Waals surface area contributed by atoms with Gasteiger partial charge in [-0.15, -0.1) is 0 Å². The van der Waals surface area contributed by atoms with E-state index in [0.29, 0.717) is 5.02 Å². The molecular formula is C17H18ClNO2. The van der Waals surface area contributed by atoms with Gasteiger partial charge in [0.15, 0.2) is 0 Å². The minimum atomic E-state index is -0.129. The maximum absolute atomic E-state index is 12.1. The molecule has 1 N–H and O–H groups in total. The van der Waals surface area contributed by atoms with Crippen molar-refractivity contribution in [2.45, 2.75) is 19.4 Å². The molecule has 0 aliphatic carbocycles. The third kappa shape index (κ3) is 3.99. The van der Waals surface area contributed by atoms with Gasteiger partial charge in [-0.2, -0.15) is 0 Å². The first-order valence-corrected chi connectivity index (χ1v) is 7.15. The third-order valence-corrected chi connectivity index (χ3v) is 3.66. The summed E-state index contributed by atoms with van der Waals surface area (Å²) >= 11 is 6.07. The van der Waals surface area contributed by atoms with Crippen molar-refractivity contribution >= 4 is 17.5 Å². The Morgan fingerprint density at radius 3 is 2.57 bits per heavy atom. The summed E-state index contributed by atoms with van der Waals surface area (Å²) in [6.45, 7) is 1.93. The van der Waals surface area contributed by atoms with Gasteiger partial charge in [0.05, 0.1) is 19.6 Å². The highest BCUT2D eigenvalue weighted by molar-refractivity contribution is 6.31. The standard InChI is InChI=1S/C17H18ClNO2/c1-12(14-8-4-6-10-16(14)21-2)19-17(20)11-13-7-3-5-9-15(13)18/h3-10,12H,11H2,1-2H3,(H,19,20)/t12-/m1/s1. The summed E-state index contributed by atoms with van der Waals surface area (Å²) in [5.41, 5.74) is 1.77. The number of nitrogens with one attached hydrogen (secondary N) is 1. The highest BCUT2D eigenvalue weighted by Gasteiger charge is 2.14. The molecule has 0 heterocycles. The van der Waals surface area contributed by atoms with Crippen molar-refractivity contribution in [1.29, 1.82) is 0 Å². The number of carbonyl (C=O) groups excluding carboxylic acids is 1. The van der Waals surface area contributed by atoms with Crippen LogP contribution in [0.2, 0.25) is 5.02 Å². The fraction of sp³-hybridized carbons (Fsp3) is 0.235. The summed E-state index contributed by atoms with van der Waals surface area (Å²) < 4.78 is 5.31. The van der Waals surface area contributed by atoms with Crippen LogP contribution >= 0.6 is 11.6 Å². The Morgan fingerprint density at radius 2 is 1.86 bits per heavy atom. The van der Waals surface area contributed by atoms with Crippen LogP contribution in [0.3, 0.4) is 0 Å². The number of benzene rings is 2. The van der Waals surface area contributed by atoms with E-state index < -0.39 is 0 Å². The van der Waals surface area contributed by atoms with Crippen LogP contribution in [-0.2, 0) is 11.2 Å². The Hall–Kier alpha value is -2.00. The van der Waals surface area contributed by atoms with Crippen LogP contribution in [0.15, 0.2) is 48.5 Å². The number of methoxy groups -OCH3 is 1. The van der Waals surface area contributed by atoms with Gasteiger partial charge in [-0.25, -0.2) is 0 Å². The second-order valence-corrected chi connectivity index (χ2v) is 5.21. The van der Waals surface area contributed by atoms with E-state index >= 15 is 0 Å². The summed E-state index contributed by atoms with van der Waals surface area (Å²) in [5.74, 6) is 0.699. The summed E-state index contributed by atoms with van der Waals surface area (Å²) in [6.07, 6.45) is 0.263. The lowest BCUT2D eigenvalue weighted by Crippen LogP contribution is -2.28. The molecule has 0 aliphatic rings. The average molecular weight is 304 g/mol. The van der Waals surface area contributed by atoms with Crippen molar-refractivity contribution in [2.75, 3.05) is 7.11 Å². The van der Waals surface area contributed by atoms with Crippen LogP contribution < -0.4 is 10.1 Å². The zero-order valence-electron chi connectivity index (χ0n) is 12.1. The van der Waals surface area contributed by atoms with E-state index in [4.69, 9.17) is 16.3 Å².